The number of hydrogen-bond donors (Lipinski definition) is 1. The van der Waals surface area contributed by atoms with Crippen LogP contribution >= 0.6 is 0 Å². The molecule has 0 atom stereocenters. The monoisotopic (exact) mass is 286 g/mol. The van der Waals surface area contributed by atoms with E-state index in [0.29, 0.717) is 12.1 Å². The number of aryl methyl sites for hydroxylation is 1. The smallest absolute Gasteiger partial charge is 0.275 e. The SMILES string of the molecule is Cc1ccccc1CN(C)c1ccc([N+](=O)[O-])c(CO)c1. The second-order valence-electron chi connectivity index (χ2n) is 5.01. The second kappa shape index (κ2) is 6.37. The van der Waals surface area contributed by atoms with E-state index in [1.807, 2.05) is 24.1 Å². The van der Waals surface area contributed by atoms with E-state index in [-0.39, 0.29) is 12.3 Å². The zero-order valence-electron chi connectivity index (χ0n) is 12.1. The third kappa shape index (κ3) is 3.38. The maximum atomic E-state index is 10.9. The summed E-state index contributed by atoms with van der Waals surface area (Å²) in [5.74, 6) is 0. The number of nitrogens with zero attached hydrogens (tertiary/aromatic N) is 2. The van der Waals surface area contributed by atoms with Gasteiger partial charge in [-0.1, -0.05) is 24.3 Å². The molecule has 1 N–H and O–H groups in total. The third-order valence-electron chi connectivity index (χ3n) is 3.54. The van der Waals surface area contributed by atoms with E-state index >= 15 is 0 Å². The highest BCUT2D eigenvalue weighted by atomic mass is 16.6. The van der Waals surface area contributed by atoms with Crippen LogP contribution < -0.4 is 4.90 Å². The van der Waals surface area contributed by atoms with Gasteiger partial charge in [-0.25, -0.2) is 0 Å². The first-order chi connectivity index (χ1) is 10.0. The van der Waals surface area contributed by atoms with Gasteiger partial charge in [0.15, 0.2) is 0 Å². The maximum Gasteiger partial charge on any atom is 0.275 e. The Hall–Kier alpha value is -2.40. The van der Waals surface area contributed by atoms with Crippen LogP contribution in [0, 0.1) is 17.0 Å². The summed E-state index contributed by atoms with van der Waals surface area (Å²) in [5.41, 5.74) is 3.52. The van der Waals surface area contributed by atoms with Crippen molar-refractivity contribution in [3.63, 3.8) is 0 Å². The number of aliphatic hydroxyl groups excluding tert-OH is 1. The van der Waals surface area contributed by atoms with Gasteiger partial charge in [-0.2, -0.15) is 0 Å². The lowest BCUT2D eigenvalue weighted by atomic mass is 10.1. The average molecular weight is 286 g/mol. The molecule has 0 aliphatic heterocycles. The van der Waals surface area contributed by atoms with E-state index in [0.717, 1.165) is 5.69 Å². The maximum absolute atomic E-state index is 10.9. The highest BCUT2D eigenvalue weighted by molar-refractivity contribution is 5.55. The van der Waals surface area contributed by atoms with E-state index < -0.39 is 4.92 Å². The van der Waals surface area contributed by atoms with Crippen molar-refractivity contribution in [2.45, 2.75) is 20.1 Å². The molecule has 0 aliphatic rings. The van der Waals surface area contributed by atoms with Crippen LogP contribution in [-0.4, -0.2) is 17.1 Å². The molecule has 0 amide bonds. The van der Waals surface area contributed by atoms with Gasteiger partial charge >= 0.3 is 0 Å². The lowest BCUT2D eigenvalue weighted by Crippen LogP contribution is -2.17. The Balaban J connectivity index is 2.25. The van der Waals surface area contributed by atoms with Crippen molar-refractivity contribution in [3.05, 3.63) is 69.3 Å². The Bertz CT molecular complexity index is 656. The van der Waals surface area contributed by atoms with Crippen LogP contribution in [0.2, 0.25) is 0 Å². The predicted octanol–water partition coefficient (Wildman–Crippen LogP) is 3.03. The molecule has 0 unspecified atom stereocenters. The van der Waals surface area contributed by atoms with Crippen LogP contribution in [0.25, 0.3) is 0 Å². The molecular formula is C16H18N2O3. The molecule has 5 nitrogen and oxygen atoms in total. The van der Waals surface area contributed by atoms with Crippen LogP contribution in [0.15, 0.2) is 42.5 Å². The van der Waals surface area contributed by atoms with E-state index in [1.54, 1.807) is 12.1 Å². The minimum Gasteiger partial charge on any atom is -0.391 e. The van der Waals surface area contributed by atoms with Gasteiger partial charge < -0.3 is 10.0 Å². The summed E-state index contributed by atoms with van der Waals surface area (Å²) in [6.45, 7) is 2.41. The van der Waals surface area contributed by atoms with Crippen molar-refractivity contribution < 1.29 is 10.0 Å². The van der Waals surface area contributed by atoms with Crippen LogP contribution in [0.3, 0.4) is 0 Å². The molecule has 0 heterocycles. The summed E-state index contributed by atoms with van der Waals surface area (Å²) in [7, 11) is 1.93. The van der Waals surface area contributed by atoms with Crippen molar-refractivity contribution in [3.8, 4) is 0 Å². The summed E-state index contributed by atoms with van der Waals surface area (Å²) >= 11 is 0. The topological polar surface area (TPSA) is 66.6 Å². The largest absolute Gasteiger partial charge is 0.391 e. The number of hydrogen-bond acceptors (Lipinski definition) is 4. The second-order valence-corrected chi connectivity index (χ2v) is 5.01. The van der Waals surface area contributed by atoms with Crippen molar-refractivity contribution in [2.24, 2.45) is 0 Å². The molecule has 2 aromatic rings. The van der Waals surface area contributed by atoms with Crippen LogP contribution in [0.4, 0.5) is 11.4 Å². The molecule has 2 rings (SSSR count). The van der Waals surface area contributed by atoms with Crippen molar-refractivity contribution >= 4 is 11.4 Å². The Morgan fingerprint density at radius 3 is 2.52 bits per heavy atom. The Labute approximate surface area is 123 Å². The Morgan fingerprint density at radius 2 is 1.90 bits per heavy atom. The average Bonchev–Trinajstić information content (AvgIpc) is 2.48. The highest BCUT2D eigenvalue weighted by Gasteiger charge is 2.15. The molecule has 0 radical (unpaired) electrons. The first-order valence-corrected chi connectivity index (χ1v) is 6.66. The van der Waals surface area contributed by atoms with Crippen molar-refractivity contribution in [1.82, 2.24) is 0 Å². The van der Waals surface area contributed by atoms with E-state index in [9.17, 15) is 15.2 Å². The van der Waals surface area contributed by atoms with Gasteiger partial charge in [0.2, 0.25) is 0 Å². The molecule has 0 spiro atoms. The quantitative estimate of drug-likeness (QED) is 0.677. The van der Waals surface area contributed by atoms with Crippen LogP contribution in [0.1, 0.15) is 16.7 Å². The first-order valence-electron chi connectivity index (χ1n) is 6.66. The van der Waals surface area contributed by atoms with Gasteiger partial charge in [0.1, 0.15) is 0 Å². The van der Waals surface area contributed by atoms with E-state index in [2.05, 4.69) is 19.1 Å². The molecule has 0 aliphatic carbocycles. The van der Waals surface area contributed by atoms with Gasteiger partial charge in [-0.05, 0) is 30.2 Å². The Morgan fingerprint density at radius 1 is 1.19 bits per heavy atom. The minimum absolute atomic E-state index is 0.0504. The number of nitro benzene ring substituents is 1. The standard InChI is InChI=1S/C16H18N2O3/c1-12-5-3-4-6-13(12)10-17(2)15-7-8-16(18(20)21)14(9-15)11-19/h3-9,19H,10-11H2,1-2H3. The number of nitro groups is 1. The summed E-state index contributed by atoms with van der Waals surface area (Å²) in [6.07, 6.45) is 0. The molecule has 0 saturated carbocycles. The van der Waals surface area contributed by atoms with E-state index in [1.165, 1.54) is 17.2 Å². The fraction of sp³-hybridized carbons (Fsp3) is 0.250. The number of benzene rings is 2. The van der Waals surface area contributed by atoms with Gasteiger partial charge in [-0.15, -0.1) is 0 Å². The van der Waals surface area contributed by atoms with Crippen molar-refractivity contribution in [1.29, 1.82) is 0 Å². The minimum atomic E-state index is -0.476. The fourth-order valence-electron chi connectivity index (χ4n) is 2.25. The fourth-order valence-corrected chi connectivity index (χ4v) is 2.25. The molecule has 5 heteroatoms. The molecule has 0 bridgehead atoms. The number of rotatable bonds is 5. The lowest BCUT2D eigenvalue weighted by molar-refractivity contribution is -0.385. The van der Waals surface area contributed by atoms with Gasteiger partial charge in [-0.3, -0.25) is 10.1 Å². The van der Waals surface area contributed by atoms with Crippen molar-refractivity contribution in [2.75, 3.05) is 11.9 Å². The molecule has 21 heavy (non-hydrogen) atoms. The molecule has 2 aromatic carbocycles. The normalized spacial score (nSPS) is 10.4. The highest BCUT2D eigenvalue weighted by Crippen LogP contribution is 2.25. The molecule has 0 aromatic heterocycles. The van der Waals surface area contributed by atoms with Crippen LogP contribution in [0.5, 0.6) is 0 Å². The molecule has 0 fully saturated rings. The summed E-state index contributed by atoms with van der Waals surface area (Å²) in [4.78, 5) is 12.4. The summed E-state index contributed by atoms with van der Waals surface area (Å²) < 4.78 is 0. The summed E-state index contributed by atoms with van der Waals surface area (Å²) in [5, 5.41) is 20.2. The van der Waals surface area contributed by atoms with Gasteiger partial charge in [0, 0.05) is 25.3 Å². The third-order valence-corrected chi connectivity index (χ3v) is 3.54. The Kier molecular flexibility index (Phi) is 4.55. The van der Waals surface area contributed by atoms with Crippen LogP contribution in [-0.2, 0) is 13.2 Å². The molecular weight excluding hydrogens is 268 g/mol. The lowest BCUT2D eigenvalue weighted by Gasteiger charge is -2.21. The molecule has 0 saturated heterocycles. The first kappa shape index (κ1) is 15.0. The van der Waals surface area contributed by atoms with Gasteiger partial charge in [0.05, 0.1) is 17.1 Å². The zero-order chi connectivity index (χ0) is 15.4. The van der Waals surface area contributed by atoms with Gasteiger partial charge in [0.25, 0.3) is 5.69 Å². The number of anilines is 1. The predicted molar refractivity (Wildman–Crippen MR) is 82.3 cm³/mol. The van der Waals surface area contributed by atoms with E-state index in [4.69, 9.17) is 0 Å². The summed E-state index contributed by atoms with van der Waals surface area (Å²) in [6, 6.07) is 12.9. The zero-order valence-corrected chi connectivity index (χ0v) is 12.1. The molecule has 110 valence electrons. The number of aliphatic hydroxyl groups is 1.